The van der Waals surface area contributed by atoms with Gasteiger partial charge in [0.2, 0.25) is 0 Å². The van der Waals surface area contributed by atoms with Crippen molar-refractivity contribution < 1.29 is 14.3 Å². The molecule has 116 valence electrons. The molecule has 2 heterocycles. The van der Waals surface area contributed by atoms with Crippen LogP contribution in [0.1, 0.15) is 23.7 Å². The molecule has 0 spiro atoms. The number of nitrogens with zero attached hydrogens (tertiary/aromatic N) is 1. The summed E-state index contributed by atoms with van der Waals surface area (Å²) in [7, 11) is 1.63. The number of ether oxygens (including phenoxy) is 2. The summed E-state index contributed by atoms with van der Waals surface area (Å²) in [6, 6.07) is 1.64. The lowest BCUT2D eigenvalue weighted by Gasteiger charge is -2.26. The van der Waals surface area contributed by atoms with Crippen LogP contribution < -0.4 is 10.6 Å². The molecular formula is C14H20ClN3O3. The van der Waals surface area contributed by atoms with Crippen LogP contribution in [0.4, 0.5) is 5.82 Å². The Labute approximate surface area is 129 Å². The van der Waals surface area contributed by atoms with E-state index in [1.165, 1.54) is 6.20 Å². The molecule has 1 unspecified atom stereocenters. The van der Waals surface area contributed by atoms with Crippen LogP contribution in [0.5, 0.6) is 0 Å². The van der Waals surface area contributed by atoms with Gasteiger partial charge in [-0.05, 0) is 13.0 Å². The fourth-order valence-corrected chi connectivity index (χ4v) is 2.38. The zero-order valence-corrected chi connectivity index (χ0v) is 13.0. The molecule has 0 aromatic carbocycles. The molecule has 1 amide bonds. The first kappa shape index (κ1) is 16.0. The van der Waals surface area contributed by atoms with Crippen molar-refractivity contribution in [2.75, 3.05) is 38.7 Å². The van der Waals surface area contributed by atoms with Gasteiger partial charge < -0.3 is 20.1 Å². The lowest BCUT2D eigenvalue weighted by atomic mass is 10.0. The van der Waals surface area contributed by atoms with Gasteiger partial charge in [0.1, 0.15) is 11.4 Å². The van der Waals surface area contributed by atoms with Gasteiger partial charge in [-0.25, -0.2) is 4.98 Å². The molecule has 1 atom stereocenters. The van der Waals surface area contributed by atoms with Crippen LogP contribution in [0.25, 0.3) is 0 Å². The van der Waals surface area contributed by atoms with Crippen molar-refractivity contribution in [2.24, 2.45) is 0 Å². The number of rotatable bonds is 6. The van der Waals surface area contributed by atoms with Crippen molar-refractivity contribution in [3.63, 3.8) is 0 Å². The molecule has 2 N–H and O–H groups in total. The predicted molar refractivity (Wildman–Crippen MR) is 80.9 cm³/mol. The van der Waals surface area contributed by atoms with E-state index in [1.807, 2.05) is 6.92 Å². The molecule has 0 bridgehead atoms. The summed E-state index contributed by atoms with van der Waals surface area (Å²) in [5.74, 6) is 0.377. The van der Waals surface area contributed by atoms with Gasteiger partial charge in [-0.2, -0.15) is 0 Å². The van der Waals surface area contributed by atoms with Gasteiger partial charge in [0, 0.05) is 39.4 Å². The van der Waals surface area contributed by atoms with Crippen LogP contribution in [0, 0.1) is 0 Å². The summed E-state index contributed by atoms with van der Waals surface area (Å²) >= 11 is 6.05. The zero-order valence-electron chi connectivity index (χ0n) is 12.2. The van der Waals surface area contributed by atoms with E-state index in [9.17, 15) is 4.79 Å². The maximum absolute atomic E-state index is 12.3. The summed E-state index contributed by atoms with van der Waals surface area (Å²) < 4.78 is 10.8. The smallest absolute Gasteiger partial charge is 0.253 e. The molecule has 1 aliphatic heterocycles. The predicted octanol–water partition coefficient (Wildman–Crippen LogP) is 1.70. The molecule has 1 aromatic rings. The molecule has 2 rings (SSSR count). The second-order valence-electron chi connectivity index (χ2n) is 4.95. The Morgan fingerprint density at radius 1 is 1.62 bits per heavy atom. The highest BCUT2D eigenvalue weighted by atomic mass is 35.5. The molecular weight excluding hydrogens is 294 g/mol. The molecule has 0 saturated carbocycles. The molecule has 1 aliphatic rings. The van der Waals surface area contributed by atoms with Gasteiger partial charge in [0.25, 0.3) is 5.91 Å². The average Bonchev–Trinajstić information content (AvgIpc) is 2.96. The SMILES string of the molecule is CCNc1cc(C(=O)NCC2(OC)CCOC2)c(Cl)cn1. The minimum Gasteiger partial charge on any atom is -0.378 e. The van der Waals surface area contributed by atoms with Crippen molar-refractivity contribution in [3.05, 3.63) is 22.8 Å². The van der Waals surface area contributed by atoms with Crippen molar-refractivity contribution in [1.82, 2.24) is 10.3 Å². The summed E-state index contributed by atoms with van der Waals surface area (Å²) in [6.07, 6.45) is 2.23. The number of halogens is 1. The third-order valence-electron chi connectivity index (χ3n) is 3.53. The number of anilines is 1. The Kier molecular flexibility index (Phi) is 5.39. The molecule has 1 aromatic heterocycles. The highest BCUT2D eigenvalue weighted by Crippen LogP contribution is 2.22. The zero-order chi connectivity index (χ0) is 15.3. The fourth-order valence-electron chi connectivity index (χ4n) is 2.19. The van der Waals surface area contributed by atoms with Crippen molar-refractivity contribution in [2.45, 2.75) is 18.9 Å². The molecule has 1 fully saturated rings. The van der Waals surface area contributed by atoms with Gasteiger partial charge >= 0.3 is 0 Å². The monoisotopic (exact) mass is 313 g/mol. The van der Waals surface area contributed by atoms with Crippen molar-refractivity contribution in [1.29, 1.82) is 0 Å². The average molecular weight is 314 g/mol. The quantitative estimate of drug-likeness (QED) is 0.836. The van der Waals surface area contributed by atoms with E-state index >= 15 is 0 Å². The standard InChI is InChI=1S/C14H20ClN3O3/c1-3-16-12-6-10(11(15)7-17-12)13(19)18-8-14(20-2)4-5-21-9-14/h6-7H,3-5,8-9H2,1-2H3,(H,16,17)(H,18,19). The van der Waals surface area contributed by atoms with Crippen LogP contribution in [0.3, 0.4) is 0 Å². The molecule has 0 radical (unpaired) electrons. The number of hydrogen-bond donors (Lipinski definition) is 2. The molecule has 7 heteroatoms. The van der Waals surface area contributed by atoms with Crippen molar-refractivity contribution in [3.8, 4) is 0 Å². The fraction of sp³-hybridized carbons (Fsp3) is 0.571. The first-order valence-electron chi connectivity index (χ1n) is 6.91. The number of methoxy groups -OCH3 is 1. The summed E-state index contributed by atoms with van der Waals surface area (Å²) in [5, 5.41) is 6.23. The van der Waals surface area contributed by atoms with E-state index in [-0.39, 0.29) is 5.91 Å². The molecule has 6 nitrogen and oxygen atoms in total. The Morgan fingerprint density at radius 2 is 2.43 bits per heavy atom. The number of carbonyl (C=O) groups excluding carboxylic acids is 1. The second kappa shape index (κ2) is 7.06. The van der Waals surface area contributed by atoms with E-state index in [2.05, 4.69) is 15.6 Å². The lowest BCUT2D eigenvalue weighted by molar-refractivity contribution is -0.0148. The second-order valence-corrected chi connectivity index (χ2v) is 5.36. The van der Waals surface area contributed by atoms with E-state index in [1.54, 1.807) is 13.2 Å². The summed E-state index contributed by atoms with van der Waals surface area (Å²) in [5.41, 5.74) is -0.0487. The number of pyridine rings is 1. The van der Waals surface area contributed by atoms with Gasteiger partial charge in [-0.3, -0.25) is 4.79 Å². The van der Waals surface area contributed by atoms with Crippen LogP contribution in [0.2, 0.25) is 5.02 Å². The Balaban J connectivity index is 2.04. The summed E-state index contributed by atoms with van der Waals surface area (Å²) in [4.78, 5) is 16.4. The van der Waals surface area contributed by atoms with Crippen molar-refractivity contribution >= 4 is 23.3 Å². The highest BCUT2D eigenvalue weighted by molar-refractivity contribution is 6.33. The van der Waals surface area contributed by atoms with E-state index in [0.717, 1.165) is 13.0 Å². The maximum Gasteiger partial charge on any atom is 0.253 e. The third-order valence-corrected chi connectivity index (χ3v) is 3.83. The minimum absolute atomic E-state index is 0.245. The Hall–Kier alpha value is -1.37. The molecule has 21 heavy (non-hydrogen) atoms. The first-order chi connectivity index (χ1) is 10.1. The number of nitrogens with one attached hydrogen (secondary N) is 2. The summed E-state index contributed by atoms with van der Waals surface area (Å²) in [6.45, 7) is 4.19. The number of carbonyl (C=O) groups is 1. The topological polar surface area (TPSA) is 72.5 Å². The number of aromatic nitrogens is 1. The lowest BCUT2D eigenvalue weighted by Crippen LogP contribution is -2.45. The minimum atomic E-state index is -0.445. The highest BCUT2D eigenvalue weighted by Gasteiger charge is 2.35. The van der Waals surface area contributed by atoms with Crippen LogP contribution in [-0.4, -0.2) is 49.9 Å². The third kappa shape index (κ3) is 3.84. The molecule has 1 saturated heterocycles. The Morgan fingerprint density at radius 3 is 3.05 bits per heavy atom. The number of hydrogen-bond acceptors (Lipinski definition) is 5. The van der Waals surface area contributed by atoms with Gasteiger partial charge in [0.05, 0.1) is 17.2 Å². The van der Waals surface area contributed by atoms with E-state index in [4.69, 9.17) is 21.1 Å². The van der Waals surface area contributed by atoms with Crippen LogP contribution >= 0.6 is 11.6 Å². The van der Waals surface area contributed by atoms with E-state index in [0.29, 0.717) is 36.2 Å². The van der Waals surface area contributed by atoms with Crippen LogP contribution in [-0.2, 0) is 9.47 Å². The Bertz CT molecular complexity index is 504. The van der Waals surface area contributed by atoms with Gasteiger partial charge in [-0.1, -0.05) is 11.6 Å². The van der Waals surface area contributed by atoms with Gasteiger partial charge in [-0.15, -0.1) is 0 Å². The molecule has 0 aliphatic carbocycles. The largest absolute Gasteiger partial charge is 0.378 e. The maximum atomic E-state index is 12.3. The number of amides is 1. The van der Waals surface area contributed by atoms with Gasteiger partial charge in [0.15, 0.2) is 0 Å². The first-order valence-corrected chi connectivity index (χ1v) is 7.28. The van der Waals surface area contributed by atoms with E-state index < -0.39 is 5.60 Å². The normalized spacial score (nSPS) is 21.3. The van der Waals surface area contributed by atoms with Crippen LogP contribution in [0.15, 0.2) is 12.3 Å².